The third-order valence-corrected chi connectivity index (χ3v) is 5.28. The van der Waals surface area contributed by atoms with Crippen LogP contribution in [0.5, 0.6) is 0 Å². The van der Waals surface area contributed by atoms with Crippen molar-refractivity contribution in [2.45, 2.75) is 24.2 Å². The zero-order chi connectivity index (χ0) is 25.9. The summed E-state index contributed by atoms with van der Waals surface area (Å²) in [7, 11) is 0. The number of halogens is 5. The van der Waals surface area contributed by atoms with Gasteiger partial charge in [-0.05, 0) is 52.4 Å². The van der Waals surface area contributed by atoms with Crippen LogP contribution in [0.25, 0.3) is 0 Å². The monoisotopic (exact) mass is 501 g/mol. The molecule has 2 unspecified atom stereocenters. The maximum atomic E-state index is 15.7. The molecular formula is C24H16F5N5O2. The lowest BCUT2D eigenvalue weighted by atomic mass is 9.84. The van der Waals surface area contributed by atoms with Gasteiger partial charge in [-0.3, -0.25) is 4.98 Å². The molecule has 0 amide bonds. The molecule has 7 nitrogen and oxygen atoms in total. The summed E-state index contributed by atoms with van der Waals surface area (Å²) in [5.41, 5.74) is -4.78. The normalized spacial score (nSPS) is 14.0. The van der Waals surface area contributed by atoms with E-state index in [0.717, 1.165) is 41.5 Å². The van der Waals surface area contributed by atoms with Gasteiger partial charge in [0.1, 0.15) is 35.6 Å². The number of tetrazole rings is 1. The summed E-state index contributed by atoms with van der Waals surface area (Å²) >= 11 is 0. The molecule has 2 aromatic heterocycles. The topological polar surface area (TPSA) is 97.0 Å². The minimum atomic E-state index is -4.22. The second-order valence-electron chi connectivity index (χ2n) is 7.73. The second kappa shape index (κ2) is 9.80. The zero-order valence-corrected chi connectivity index (χ0v) is 18.2. The maximum absolute atomic E-state index is 15.7. The molecule has 12 heteroatoms. The SMILES string of the molecule is OC(C#Cc1ccc(C(F)(F)C(O)(Cn2cnnn2)c2ccc(F)cc2F)nc1)c1cccc(F)c1. The van der Waals surface area contributed by atoms with Gasteiger partial charge >= 0.3 is 5.92 Å². The average Bonchev–Trinajstić information content (AvgIpc) is 3.35. The van der Waals surface area contributed by atoms with Gasteiger partial charge in [-0.2, -0.15) is 8.78 Å². The van der Waals surface area contributed by atoms with Crippen molar-refractivity contribution in [3.05, 3.63) is 107 Å². The molecular weight excluding hydrogens is 485 g/mol. The summed E-state index contributed by atoms with van der Waals surface area (Å²) in [6.45, 7) is -0.987. The van der Waals surface area contributed by atoms with Gasteiger partial charge in [-0.25, -0.2) is 17.9 Å². The number of alkyl halides is 2. The molecule has 2 aromatic carbocycles. The third-order valence-electron chi connectivity index (χ3n) is 5.28. The first-order valence-corrected chi connectivity index (χ1v) is 10.3. The Kier molecular flexibility index (Phi) is 6.78. The van der Waals surface area contributed by atoms with Crippen molar-refractivity contribution in [3.8, 4) is 11.8 Å². The molecule has 2 atom stereocenters. The van der Waals surface area contributed by atoms with Gasteiger partial charge in [0.25, 0.3) is 0 Å². The summed E-state index contributed by atoms with van der Waals surface area (Å²) in [5.74, 6) is -2.22. The van der Waals surface area contributed by atoms with Crippen LogP contribution >= 0.6 is 0 Å². The Balaban J connectivity index is 1.67. The standard InChI is InChI=1S/C24H16F5N5O2/c25-17-3-1-2-16(10-17)21(35)8-4-15-5-9-22(30-12-15)24(28,29)23(36,13-34-14-31-32-33-34)19-7-6-18(26)11-20(19)27/h1-3,5-7,9-12,14,21,35-36H,13H2. The Labute approximate surface area is 200 Å². The number of aliphatic hydroxyl groups excluding tert-OH is 1. The number of rotatable bonds is 6. The molecule has 0 aliphatic heterocycles. The first kappa shape index (κ1) is 24.9. The van der Waals surface area contributed by atoms with Crippen molar-refractivity contribution in [2.24, 2.45) is 0 Å². The van der Waals surface area contributed by atoms with Gasteiger partial charge in [0.05, 0.1) is 6.54 Å². The van der Waals surface area contributed by atoms with Crippen molar-refractivity contribution < 1.29 is 32.2 Å². The van der Waals surface area contributed by atoms with Crippen LogP contribution in [0.1, 0.15) is 28.5 Å². The van der Waals surface area contributed by atoms with Crippen molar-refractivity contribution in [1.82, 2.24) is 25.2 Å². The summed E-state index contributed by atoms with van der Waals surface area (Å²) in [4.78, 5) is 3.67. The molecule has 0 saturated heterocycles. The fourth-order valence-corrected chi connectivity index (χ4v) is 3.44. The number of benzene rings is 2. The molecule has 0 aliphatic carbocycles. The molecule has 0 radical (unpaired) electrons. The third kappa shape index (κ3) is 4.93. The van der Waals surface area contributed by atoms with E-state index in [0.29, 0.717) is 12.1 Å². The van der Waals surface area contributed by atoms with Crippen LogP contribution in [0.2, 0.25) is 0 Å². The van der Waals surface area contributed by atoms with E-state index < -0.39 is 52.9 Å². The lowest BCUT2D eigenvalue weighted by Gasteiger charge is -2.35. The van der Waals surface area contributed by atoms with E-state index in [-0.39, 0.29) is 11.1 Å². The average molecular weight is 501 g/mol. The zero-order valence-electron chi connectivity index (χ0n) is 18.2. The molecule has 4 rings (SSSR count). The fourth-order valence-electron chi connectivity index (χ4n) is 3.44. The Morgan fingerprint density at radius 2 is 1.78 bits per heavy atom. The van der Waals surface area contributed by atoms with Gasteiger partial charge < -0.3 is 10.2 Å². The molecule has 184 valence electrons. The quantitative estimate of drug-likeness (QED) is 0.311. The minimum Gasteiger partial charge on any atom is -0.377 e. The predicted octanol–water partition coefficient (Wildman–Crippen LogP) is 3.25. The molecule has 2 N–H and O–H groups in total. The van der Waals surface area contributed by atoms with Crippen molar-refractivity contribution in [2.75, 3.05) is 0 Å². The molecule has 0 saturated carbocycles. The molecule has 0 fully saturated rings. The van der Waals surface area contributed by atoms with Gasteiger partial charge in [0.15, 0.2) is 5.60 Å². The number of aliphatic hydroxyl groups is 2. The van der Waals surface area contributed by atoms with Crippen LogP contribution < -0.4 is 0 Å². The van der Waals surface area contributed by atoms with E-state index in [4.69, 9.17) is 0 Å². The van der Waals surface area contributed by atoms with Gasteiger partial charge in [0.2, 0.25) is 0 Å². The van der Waals surface area contributed by atoms with Gasteiger partial charge in [-0.1, -0.05) is 24.0 Å². The van der Waals surface area contributed by atoms with E-state index >= 15 is 8.78 Å². The van der Waals surface area contributed by atoms with Crippen LogP contribution in [-0.4, -0.2) is 35.4 Å². The highest BCUT2D eigenvalue weighted by molar-refractivity contribution is 5.38. The molecule has 2 heterocycles. The van der Waals surface area contributed by atoms with Crippen LogP contribution in [-0.2, 0) is 18.1 Å². The van der Waals surface area contributed by atoms with Crippen LogP contribution in [0.15, 0.2) is 67.1 Å². The minimum absolute atomic E-state index is 0.127. The largest absolute Gasteiger partial charge is 0.377 e. The Morgan fingerprint density at radius 1 is 1.00 bits per heavy atom. The fraction of sp³-hybridized carbons (Fsp3) is 0.167. The lowest BCUT2D eigenvalue weighted by Crippen LogP contribution is -2.48. The number of pyridine rings is 1. The van der Waals surface area contributed by atoms with E-state index in [2.05, 4.69) is 32.4 Å². The van der Waals surface area contributed by atoms with Gasteiger partial charge in [-0.15, -0.1) is 5.10 Å². The van der Waals surface area contributed by atoms with Crippen molar-refractivity contribution >= 4 is 0 Å². The van der Waals surface area contributed by atoms with E-state index in [9.17, 15) is 23.4 Å². The van der Waals surface area contributed by atoms with E-state index in [1.807, 2.05) is 0 Å². The molecule has 0 bridgehead atoms. The smallest absolute Gasteiger partial charge is 0.323 e. The van der Waals surface area contributed by atoms with Gasteiger partial charge in [0, 0.05) is 23.4 Å². The summed E-state index contributed by atoms with van der Waals surface area (Å²) in [6.07, 6.45) is 0.565. The number of hydrogen-bond acceptors (Lipinski definition) is 6. The van der Waals surface area contributed by atoms with Crippen LogP contribution in [0, 0.1) is 29.3 Å². The Bertz CT molecular complexity index is 1420. The first-order valence-electron chi connectivity index (χ1n) is 10.3. The van der Waals surface area contributed by atoms with E-state index in [1.54, 1.807) is 0 Å². The molecule has 4 aromatic rings. The first-order chi connectivity index (χ1) is 17.1. The van der Waals surface area contributed by atoms with Crippen molar-refractivity contribution in [3.63, 3.8) is 0 Å². The highest BCUT2D eigenvalue weighted by Crippen LogP contribution is 2.46. The van der Waals surface area contributed by atoms with Crippen LogP contribution in [0.4, 0.5) is 22.0 Å². The van der Waals surface area contributed by atoms with E-state index in [1.165, 1.54) is 18.2 Å². The lowest BCUT2D eigenvalue weighted by molar-refractivity contribution is -0.207. The highest BCUT2D eigenvalue weighted by Gasteiger charge is 2.57. The number of hydrogen-bond donors (Lipinski definition) is 2. The maximum Gasteiger partial charge on any atom is 0.323 e. The second-order valence-corrected chi connectivity index (χ2v) is 7.73. The summed E-state index contributed by atoms with van der Waals surface area (Å²) in [6, 6.07) is 8.98. The molecule has 36 heavy (non-hydrogen) atoms. The Hall–Kier alpha value is -4.21. The Morgan fingerprint density at radius 3 is 2.42 bits per heavy atom. The molecule has 0 spiro atoms. The number of aromatic nitrogens is 5. The predicted molar refractivity (Wildman–Crippen MR) is 114 cm³/mol. The molecule has 0 aliphatic rings. The summed E-state index contributed by atoms with van der Waals surface area (Å²) < 4.78 is 73.5. The van der Waals surface area contributed by atoms with Crippen LogP contribution in [0.3, 0.4) is 0 Å². The number of nitrogens with zero attached hydrogens (tertiary/aromatic N) is 5. The highest BCUT2D eigenvalue weighted by atomic mass is 19.3. The van der Waals surface area contributed by atoms with Crippen molar-refractivity contribution in [1.29, 1.82) is 0 Å². The summed E-state index contributed by atoms with van der Waals surface area (Å²) in [5, 5.41) is 31.3.